The number of hydrogen-bond acceptors (Lipinski definition) is 6. The summed E-state index contributed by atoms with van der Waals surface area (Å²) in [5, 5.41) is 24.1. The van der Waals surface area contributed by atoms with Crippen molar-refractivity contribution in [3.63, 3.8) is 0 Å². The van der Waals surface area contributed by atoms with Crippen LogP contribution in [0.5, 0.6) is 5.88 Å². The third-order valence-corrected chi connectivity index (χ3v) is 5.22. The van der Waals surface area contributed by atoms with Crippen molar-refractivity contribution in [1.29, 1.82) is 0 Å². The zero-order chi connectivity index (χ0) is 17.3. The lowest BCUT2D eigenvalue weighted by molar-refractivity contribution is -0.386. The molecule has 10 heteroatoms. The highest BCUT2D eigenvalue weighted by atomic mass is 28.3. The minimum Gasteiger partial charge on any atom is -0.478 e. The number of carbonyl (C=O) groups is 1. The van der Waals surface area contributed by atoms with Gasteiger partial charge >= 0.3 is 17.5 Å². The quantitative estimate of drug-likeness (QED) is 0.316. The first-order valence-electron chi connectivity index (χ1n) is 7.35. The van der Waals surface area contributed by atoms with E-state index in [0.29, 0.717) is 19.4 Å². The molecule has 1 aliphatic rings. The number of aliphatic carboxylic acids is 1. The van der Waals surface area contributed by atoms with Crippen LogP contribution in [0.15, 0.2) is 6.20 Å². The molecule has 0 bridgehead atoms. The van der Waals surface area contributed by atoms with E-state index in [1.54, 1.807) is 0 Å². The molecule has 1 heterocycles. The van der Waals surface area contributed by atoms with Crippen LogP contribution in [0.2, 0.25) is 25.7 Å². The average Bonchev–Trinajstić information content (AvgIpc) is 3.08. The van der Waals surface area contributed by atoms with Crippen LogP contribution in [-0.2, 0) is 16.3 Å². The summed E-state index contributed by atoms with van der Waals surface area (Å²) in [7, 11) is -1.21. The largest absolute Gasteiger partial charge is 0.478 e. The highest BCUT2D eigenvalue weighted by Gasteiger charge is 2.55. The Kier molecular flexibility index (Phi) is 4.75. The Labute approximate surface area is 134 Å². The number of hydrogen-bond donors (Lipinski definition) is 1. The number of carboxylic acid groups (broad SMARTS) is 1. The SMILES string of the molecule is C[Si](C)(C)CCOCn1cc([N+](=O)[O-])c(OC2(C(=O)O)CC2)n1. The first-order valence-corrected chi connectivity index (χ1v) is 11.1. The van der Waals surface area contributed by atoms with E-state index in [1.165, 1.54) is 10.9 Å². The molecule has 1 saturated carbocycles. The number of ether oxygens (including phenoxy) is 2. The fourth-order valence-electron chi connectivity index (χ4n) is 1.85. The van der Waals surface area contributed by atoms with Gasteiger partial charge in [-0.1, -0.05) is 19.6 Å². The molecule has 128 valence electrons. The average molecular weight is 343 g/mol. The molecule has 0 spiro atoms. The zero-order valence-electron chi connectivity index (χ0n) is 13.4. The summed E-state index contributed by atoms with van der Waals surface area (Å²) in [5.74, 6) is -1.41. The molecule has 1 N–H and O–H groups in total. The summed E-state index contributed by atoms with van der Waals surface area (Å²) >= 11 is 0. The molecule has 0 amide bonds. The molecule has 1 aliphatic carbocycles. The third-order valence-electron chi connectivity index (χ3n) is 3.51. The fraction of sp³-hybridized carbons (Fsp3) is 0.692. The van der Waals surface area contributed by atoms with Gasteiger partial charge in [-0.15, -0.1) is 5.10 Å². The van der Waals surface area contributed by atoms with Crippen molar-refractivity contribution in [1.82, 2.24) is 9.78 Å². The van der Waals surface area contributed by atoms with Crippen molar-refractivity contribution >= 4 is 19.7 Å². The number of carboxylic acids is 1. The lowest BCUT2D eigenvalue weighted by Gasteiger charge is -2.15. The molecule has 1 aromatic rings. The predicted octanol–water partition coefficient (Wildman–Crippen LogP) is 2.10. The van der Waals surface area contributed by atoms with Gasteiger partial charge in [-0.25, -0.2) is 9.48 Å². The van der Waals surface area contributed by atoms with Crippen molar-refractivity contribution in [3.05, 3.63) is 16.3 Å². The van der Waals surface area contributed by atoms with E-state index in [0.717, 1.165) is 6.04 Å². The zero-order valence-corrected chi connectivity index (χ0v) is 14.4. The molecule has 2 rings (SSSR count). The van der Waals surface area contributed by atoms with Gasteiger partial charge < -0.3 is 14.6 Å². The van der Waals surface area contributed by atoms with Crippen molar-refractivity contribution in [3.8, 4) is 5.88 Å². The van der Waals surface area contributed by atoms with Crippen molar-refractivity contribution in [2.45, 2.75) is 50.9 Å². The van der Waals surface area contributed by atoms with Gasteiger partial charge in [-0.05, 0) is 6.04 Å². The highest BCUT2D eigenvalue weighted by Crippen LogP contribution is 2.42. The molecule has 9 nitrogen and oxygen atoms in total. The van der Waals surface area contributed by atoms with Gasteiger partial charge in [-0.2, -0.15) is 0 Å². The van der Waals surface area contributed by atoms with Gasteiger partial charge in [0, 0.05) is 27.5 Å². The Morgan fingerprint density at radius 1 is 1.52 bits per heavy atom. The van der Waals surface area contributed by atoms with Gasteiger partial charge in [0.1, 0.15) is 12.9 Å². The molecule has 0 unspecified atom stereocenters. The Bertz CT molecular complexity index is 605. The van der Waals surface area contributed by atoms with Crippen molar-refractivity contribution in [2.24, 2.45) is 0 Å². The lowest BCUT2D eigenvalue weighted by Crippen LogP contribution is -2.29. The maximum atomic E-state index is 11.1. The highest BCUT2D eigenvalue weighted by molar-refractivity contribution is 6.76. The second kappa shape index (κ2) is 6.28. The normalized spacial score (nSPS) is 16.1. The standard InChI is InChI=1S/C13H21N3O6Si/c1-23(2,3)7-6-21-9-15-8-10(16(19)20)11(14-15)22-13(4-5-13)12(17)18/h8H,4-7,9H2,1-3H3,(H,17,18). The van der Waals surface area contributed by atoms with Crippen LogP contribution >= 0.6 is 0 Å². The van der Waals surface area contributed by atoms with E-state index >= 15 is 0 Å². The number of nitrogens with zero attached hydrogens (tertiary/aromatic N) is 3. The van der Waals surface area contributed by atoms with E-state index < -0.39 is 24.6 Å². The van der Waals surface area contributed by atoms with Gasteiger partial charge in [0.2, 0.25) is 5.60 Å². The first-order chi connectivity index (χ1) is 10.6. The van der Waals surface area contributed by atoms with Crippen molar-refractivity contribution < 1.29 is 24.3 Å². The molecule has 0 aliphatic heterocycles. The summed E-state index contributed by atoms with van der Waals surface area (Å²) in [4.78, 5) is 21.6. The monoisotopic (exact) mass is 343 g/mol. The van der Waals surface area contributed by atoms with E-state index in [2.05, 4.69) is 24.7 Å². The summed E-state index contributed by atoms with van der Waals surface area (Å²) in [6.07, 6.45) is 1.83. The summed E-state index contributed by atoms with van der Waals surface area (Å²) in [6.45, 7) is 7.29. The number of nitro groups is 1. The lowest BCUT2D eigenvalue weighted by atomic mass is 10.3. The molecular weight excluding hydrogens is 322 g/mol. The molecule has 23 heavy (non-hydrogen) atoms. The van der Waals surface area contributed by atoms with E-state index in [9.17, 15) is 14.9 Å². The Hall–Kier alpha value is -1.94. The second-order valence-corrected chi connectivity index (χ2v) is 12.5. The molecule has 1 aromatic heterocycles. The second-order valence-electron chi connectivity index (χ2n) is 6.87. The minimum absolute atomic E-state index is 0.0642. The summed E-state index contributed by atoms with van der Waals surface area (Å²) in [5.41, 5.74) is -1.73. The summed E-state index contributed by atoms with van der Waals surface area (Å²) in [6, 6.07) is 0.974. The van der Waals surface area contributed by atoms with E-state index in [1.807, 2.05) is 0 Å². The maximum Gasteiger partial charge on any atom is 0.350 e. The van der Waals surface area contributed by atoms with Crippen LogP contribution in [0.4, 0.5) is 5.69 Å². The van der Waals surface area contributed by atoms with Gasteiger partial charge in [0.05, 0.1) is 4.92 Å². The van der Waals surface area contributed by atoms with Crippen LogP contribution in [0.3, 0.4) is 0 Å². The van der Waals surface area contributed by atoms with Crippen LogP contribution in [0.25, 0.3) is 0 Å². The molecule has 0 atom stereocenters. The molecule has 0 aromatic carbocycles. The van der Waals surface area contributed by atoms with Crippen LogP contribution in [0.1, 0.15) is 12.8 Å². The smallest absolute Gasteiger partial charge is 0.350 e. The Morgan fingerprint density at radius 2 is 2.17 bits per heavy atom. The topological polar surface area (TPSA) is 117 Å². The fourth-order valence-corrected chi connectivity index (χ4v) is 2.61. The van der Waals surface area contributed by atoms with E-state index in [4.69, 9.17) is 14.6 Å². The maximum absolute atomic E-state index is 11.1. The summed E-state index contributed by atoms with van der Waals surface area (Å²) < 4.78 is 12.0. The van der Waals surface area contributed by atoms with Gasteiger partial charge in [-0.3, -0.25) is 10.1 Å². The molecule has 1 fully saturated rings. The minimum atomic E-state index is -1.37. The van der Waals surface area contributed by atoms with Crippen molar-refractivity contribution in [2.75, 3.05) is 6.61 Å². The van der Waals surface area contributed by atoms with Gasteiger partial charge in [0.25, 0.3) is 0 Å². The Morgan fingerprint density at radius 3 is 2.65 bits per heavy atom. The predicted molar refractivity (Wildman–Crippen MR) is 83.2 cm³/mol. The number of aromatic nitrogens is 2. The van der Waals surface area contributed by atoms with Crippen LogP contribution < -0.4 is 4.74 Å². The van der Waals surface area contributed by atoms with Gasteiger partial charge in [0.15, 0.2) is 0 Å². The molecule has 0 radical (unpaired) electrons. The Balaban J connectivity index is 2.01. The number of rotatable bonds is 9. The van der Waals surface area contributed by atoms with E-state index in [-0.39, 0.29) is 18.3 Å². The third kappa shape index (κ3) is 4.52. The first kappa shape index (κ1) is 17.4. The van der Waals surface area contributed by atoms with Crippen LogP contribution in [-0.4, -0.2) is 46.1 Å². The molecular formula is C13H21N3O6Si. The van der Waals surface area contributed by atoms with Crippen LogP contribution in [0, 0.1) is 10.1 Å². The molecule has 0 saturated heterocycles.